The number of hydrogen-bond acceptors (Lipinski definition) is 3. The van der Waals surface area contributed by atoms with Crippen molar-refractivity contribution in [3.05, 3.63) is 102 Å². The lowest BCUT2D eigenvalue weighted by atomic mass is 10.1. The summed E-state index contributed by atoms with van der Waals surface area (Å²) < 4.78 is 7.19. The Morgan fingerprint density at radius 2 is 1.72 bits per heavy atom. The molecule has 1 saturated heterocycles. The second-order valence-corrected chi connectivity index (χ2v) is 9.77. The topological polar surface area (TPSA) is 70.6 Å². The van der Waals surface area contributed by atoms with Crippen LogP contribution in [0, 0.1) is 13.8 Å². The Morgan fingerprint density at radius 3 is 2.38 bits per heavy atom. The average Bonchev–Trinajstić information content (AvgIpc) is 3.51. The number of H-pyrrole nitrogens is 1. The van der Waals surface area contributed by atoms with Gasteiger partial charge in [-0.1, -0.05) is 48.0 Å². The van der Waals surface area contributed by atoms with E-state index in [-0.39, 0.29) is 12.5 Å². The summed E-state index contributed by atoms with van der Waals surface area (Å²) in [6.45, 7) is 6.14. The molecule has 7 nitrogen and oxygen atoms in total. The molecule has 1 fully saturated rings. The van der Waals surface area contributed by atoms with Crippen LogP contribution in [0.15, 0.2) is 85.1 Å². The Kier molecular flexibility index (Phi) is 9.05. The van der Waals surface area contributed by atoms with Crippen molar-refractivity contribution in [3.63, 3.8) is 0 Å². The fourth-order valence-corrected chi connectivity index (χ4v) is 4.53. The van der Waals surface area contributed by atoms with Crippen molar-refractivity contribution in [2.75, 3.05) is 26.7 Å². The number of carbonyl (C=O) groups excluding carboxylic acids is 2. The van der Waals surface area contributed by atoms with Crippen molar-refractivity contribution in [1.82, 2.24) is 19.4 Å². The highest BCUT2D eigenvalue weighted by atomic mass is 16.5. The van der Waals surface area contributed by atoms with Crippen LogP contribution in [-0.4, -0.2) is 58.4 Å². The second kappa shape index (κ2) is 12.8. The van der Waals surface area contributed by atoms with Crippen LogP contribution in [0.25, 0.3) is 21.8 Å². The Hall–Kier alpha value is -4.52. The third kappa shape index (κ3) is 7.29. The van der Waals surface area contributed by atoms with Gasteiger partial charge in [-0.25, -0.2) is 0 Å². The van der Waals surface area contributed by atoms with Crippen LogP contribution in [-0.2, 0) is 23.2 Å². The van der Waals surface area contributed by atoms with E-state index in [1.807, 2.05) is 61.5 Å². The maximum Gasteiger partial charge on any atom is 0.242 e. The molecule has 0 spiro atoms. The number of rotatable bonds is 4. The monoisotopic (exact) mass is 524 g/mol. The van der Waals surface area contributed by atoms with Crippen molar-refractivity contribution in [2.24, 2.45) is 7.05 Å². The number of amides is 2. The number of piperazine rings is 1. The predicted octanol–water partition coefficient (Wildman–Crippen LogP) is 5.46. The fourth-order valence-electron chi connectivity index (χ4n) is 4.53. The molecule has 3 heterocycles. The van der Waals surface area contributed by atoms with E-state index in [9.17, 15) is 9.59 Å². The third-order valence-corrected chi connectivity index (χ3v) is 6.73. The van der Waals surface area contributed by atoms with E-state index in [1.165, 1.54) is 32.4 Å². The molecule has 7 heteroatoms. The SMILES string of the molecule is COc1ccc2[nH]c(C)cc2c1.Cc1ccccc1.Cn1ccc2ccc(CN3CCN(C=O)CC3=O)cc21. The first-order chi connectivity index (χ1) is 18.9. The zero-order valence-electron chi connectivity index (χ0n) is 23.1. The molecular weight excluding hydrogens is 488 g/mol. The number of fused-ring (bicyclic) bond motifs is 2. The molecule has 2 aromatic heterocycles. The summed E-state index contributed by atoms with van der Waals surface area (Å²) in [6.07, 6.45) is 2.77. The molecule has 1 aliphatic rings. The highest BCUT2D eigenvalue weighted by molar-refractivity contribution is 5.83. The molecule has 39 heavy (non-hydrogen) atoms. The number of nitrogens with one attached hydrogen (secondary N) is 1. The lowest BCUT2D eigenvalue weighted by Crippen LogP contribution is -2.49. The van der Waals surface area contributed by atoms with Gasteiger partial charge in [-0.05, 0) is 61.2 Å². The van der Waals surface area contributed by atoms with E-state index in [2.05, 4.69) is 58.9 Å². The van der Waals surface area contributed by atoms with Crippen LogP contribution in [0.5, 0.6) is 5.75 Å². The van der Waals surface area contributed by atoms with Gasteiger partial charge in [0.2, 0.25) is 12.3 Å². The van der Waals surface area contributed by atoms with Crippen LogP contribution in [0.3, 0.4) is 0 Å². The predicted molar refractivity (Wildman–Crippen MR) is 157 cm³/mol. The number of aromatic nitrogens is 2. The Balaban J connectivity index is 0.000000156. The molecule has 3 aromatic carbocycles. The number of carbonyl (C=O) groups is 2. The largest absolute Gasteiger partial charge is 0.497 e. The summed E-state index contributed by atoms with van der Waals surface area (Å²) in [5.41, 5.74) is 5.95. The van der Waals surface area contributed by atoms with Gasteiger partial charge in [-0.3, -0.25) is 9.59 Å². The summed E-state index contributed by atoms with van der Waals surface area (Å²) in [6, 6.07) is 26.7. The van der Waals surface area contributed by atoms with Crippen molar-refractivity contribution in [3.8, 4) is 5.75 Å². The van der Waals surface area contributed by atoms with Gasteiger partial charge in [-0.2, -0.15) is 0 Å². The molecule has 0 atom stereocenters. The summed E-state index contributed by atoms with van der Waals surface area (Å²) >= 11 is 0. The maximum absolute atomic E-state index is 12.0. The number of ether oxygens (including phenoxy) is 1. The van der Waals surface area contributed by atoms with Crippen LogP contribution >= 0.6 is 0 Å². The minimum Gasteiger partial charge on any atom is -0.497 e. The molecule has 2 amide bonds. The molecule has 0 radical (unpaired) electrons. The Bertz CT molecular complexity index is 1540. The van der Waals surface area contributed by atoms with Gasteiger partial charge >= 0.3 is 0 Å². The summed E-state index contributed by atoms with van der Waals surface area (Å²) in [5, 5.41) is 2.40. The highest BCUT2D eigenvalue weighted by Gasteiger charge is 2.22. The van der Waals surface area contributed by atoms with Gasteiger partial charge in [0.1, 0.15) is 5.75 Å². The average molecular weight is 525 g/mol. The summed E-state index contributed by atoms with van der Waals surface area (Å²) in [4.78, 5) is 29.2. The van der Waals surface area contributed by atoms with E-state index in [0.29, 0.717) is 19.6 Å². The fraction of sp³-hybridized carbons (Fsp3) is 0.250. The number of aryl methyl sites for hydroxylation is 3. The minimum atomic E-state index is 0.00956. The van der Waals surface area contributed by atoms with Gasteiger partial charge in [0.05, 0.1) is 13.7 Å². The molecule has 0 bridgehead atoms. The summed E-state index contributed by atoms with van der Waals surface area (Å²) in [5.74, 6) is 0.914. The van der Waals surface area contributed by atoms with Gasteiger partial charge in [0.25, 0.3) is 0 Å². The molecule has 0 unspecified atom stereocenters. The maximum atomic E-state index is 12.0. The number of aromatic amines is 1. The standard InChI is InChI=1S/C15H17N3O2.C10H11NO.C7H8/c1-16-5-4-13-3-2-12(8-14(13)16)9-18-7-6-17(11-19)10-15(18)20;1-7-5-8-6-9(12-2)3-4-10(8)11-7;1-7-5-3-2-4-6-7/h2-5,8,11H,6-7,9-10H2,1H3;3-6,11H,1-2H3;2-6H,1H3. The van der Waals surface area contributed by atoms with Crippen molar-refractivity contribution < 1.29 is 14.3 Å². The quantitative estimate of drug-likeness (QED) is 0.318. The van der Waals surface area contributed by atoms with Crippen molar-refractivity contribution in [2.45, 2.75) is 20.4 Å². The number of nitrogens with zero attached hydrogens (tertiary/aromatic N) is 3. The highest BCUT2D eigenvalue weighted by Crippen LogP contribution is 2.21. The van der Waals surface area contributed by atoms with Crippen LogP contribution < -0.4 is 4.74 Å². The number of methoxy groups -OCH3 is 1. The normalized spacial score (nSPS) is 13.0. The molecule has 1 aliphatic heterocycles. The van der Waals surface area contributed by atoms with Gasteiger partial charge in [-0.15, -0.1) is 0 Å². The smallest absolute Gasteiger partial charge is 0.242 e. The second-order valence-electron chi connectivity index (χ2n) is 9.77. The van der Waals surface area contributed by atoms with Crippen LogP contribution in [0.2, 0.25) is 0 Å². The molecule has 1 N–H and O–H groups in total. The Labute approximate surface area is 229 Å². The Morgan fingerprint density at radius 1 is 0.923 bits per heavy atom. The molecule has 202 valence electrons. The first-order valence-corrected chi connectivity index (χ1v) is 13.0. The minimum absolute atomic E-state index is 0.00956. The molecular formula is C32H36N4O3. The van der Waals surface area contributed by atoms with E-state index in [1.54, 1.807) is 7.11 Å². The summed E-state index contributed by atoms with van der Waals surface area (Å²) in [7, 11) is 3.70. The zero-order valence-corrected chi connectivity index (χ0v) is 23.1. The first kappa shape index (κ1) is 27.5. The number of hydrogen-bond donors (Lipinski definition) is 1. The van der Waals surface area contributed by atoms with Gasteiger partial charge in [0.15, 0.2) is 0 Å². The first-order valence-electron chi connectivity index (χ1n) is 13.0. The van der Waals surface area contributed by atoms with Crippen molar-refractivity contribution in [1.29, 1.82) is 0 Å². The van der Waals surface area contributed by atoms with Crippen molar-refractivity contribution >= 4 is 34.1 Å². The van der Waals surface area contributed by atoms with Crippen LogP contribution in [0.1, 0.15) is 16.8 Å². The molecule has 0 saturated carbocycles. The van der Waals surface area contributed by atoms with E-state index >= 15 is 0 Å². The molecule has 6 rings (SSSR count). The van der Waals surface area contributed by atoms with E-state index in [0.717, 1.165) is 23.2 Å². The molecule has 0 aliphatic carbocycles. The lowest BCUT2D eigenvalue weighted by molar-refractivity contribution is -0.140. The van der Waals surface area contributed by atoms with Gasteiger partial charge in [0, 0.05) is 55.0 Å². The third-order valence-electron chi connectivity index (χ3n) is 6.73. The van der Waals surface area contributed by atoms with E-state index in [4.69, 9.17) is 4.74 Å². The van der Waals surface area contributed by atoms with Gasteiger partial charge < -0.3 is 24.1 Å². The molecule has 5 aromatic rings. The zero-order chi connectivity index (χ0) is 27.8. The lowest BCUT2D eigenvalue weighted by Gasteiger charge is -2.32. The van der Waals surface area contributed by atoms with Crippen LogP contribution in [0.4, 0.5) is 0 Å². The van der Waals surface area contributed by atoms with E-state index < -0.39 is 0 Å². The number of benzene rings is 3.